The maximum absolute atomic E-state index is 11.4. The molecule has 1 aromatic heterocycles. The summed E-state index contributed by atoms with van der Waals surface area (Å²) in [6.07, 6.45) is 6.11. The average molecular weight is 349 g/mol. The number of carboxylic acids is 1. The van der Waals surface area contributed by atoms with E-state index in [1.807, 2.05) is 24.3 Å². The molecule has 5 heteroatoms. The Morgan fingerprint density at radius 3 is 2.57 bits per heavy atom. The second-order valence-electron chi connectivity index (χ2n) is 5.54. The van der Waals surface area contributed by atoms with Crippen molar-refractivity contribution in [3.63, 3.8) is 0 Å². The maximum atomic E-state index is 11.4. The van der Waals surface area contributed by atoms with Crippen molar-refractivity contribution in [2.24, 2.45) is 0 Å². The summed E-state index contributed by atoms with van der Waals surface area (Å²) in [7, 11) is 0. The van der Waals surface area contributed by atoms with E-state index in [1.165, 1.54) is 12.8 Å². The lowest BCUT2D eigenvalue weighted by Gasteiger charge is -2.06. The summed E-state index contributed by atoms with van der Waals surface area (Å²) < 4.78 is 2.78. The third-order valence-corrected chi connectivity index (χ3v) is 4.55. The quantitative estimate of drug-likeness (QED) is 0.906. The molecule has 21 heavy (non-hydrogen) atoms. The molecule has 1 aromatic carbocycles. The van der Waals surface area contributed by atoms with Gasteiger partial charge in [-0.1, -0.05) is 40.9 Å². The van der Waals surface area contributed by atoms with E-state index in [0.717, 1.165) is 28.6 Å². The van der Waals surface area contributed by atoms with Crippen LogP contribution in [0.25, 0.3) is 0 Å². The van der Waals surface area contributed by atoms with Crippen LogP contribution in [0.5, 0.6) is 0 Å². The van der Waals surface area contributed by atoms with Crippen LogP contribution in [0.15, 0.2) is 34.9 Å². The van der Waals surface area contributed by atoms with E-state index in [2.05, 4.69) is 21.0 Å². The van der Waals surface area contributed by atoms with E-state index in [-0.39, 0.29) is 0 Å². The van der Waals surface area contributed by atoms with Gasteiger partial charge in [0.05, 0.1) is 12.2 Å². The van der Waals surface area contributed by atoms with Crippen LogP contribution < -0.4 is 0 Å². The fourth-order valence-electron chi connectivity index (χ4n) is 2.96. The third-order valence-electron chi connectivity index (χ3n) is 4.02. The first-order valence-corrected chi connectivity index (χ1v) is 7.98. The Hall–Kier alpha value is -1.62. The number of hydrogen-bond acceptors (Lipinski definition) is 2. The molecule has 4 nitrogen and oxygen atoms in total. The predicted octanol–water partition coefficient (Wildman–Crippen LogP) is 4.05. The summed E-state index contributed by atoms with van der Waals surface area (Å²) in [5.74, 6) is -0.568. The Bertz CT molecular complexity index is 643. The molecule has 1 saturated carbocycles. The Balaban J connectivity index is 1.87. The molecule has 0 saturated heterocycles. The van der Waals surface area contributed by atoms with E-state index in [4.69, 9.17) is 0 Å². The Morgan fingerprint density at radius 1 is 1.29 bits per heavy atom. The van der Waals surface area contributed by atoms with Gasteiger partial charge in [0.15, 0.2) is 0 Å². The lowest BCUT2D eigenvalue weighted by Crippen LogP contribution is -2.04. The van der Waals surface area contributed by atoms with Gasteiger partial charge < -0.3 is 5.11 Å². The zero-order valence-corrected chi connectivity index (χ0v) is 13.2. The number of rotatable bonds is 4. The molecule has 0 radical (unpaired) electrons. The van der Waals surface area contributed by atoms with E-state index < -0.39 is 5.97 Å². The summed E-state index contributed by atoms with van der Waals surface area (Å²) in [6, 6.07) is 7.99. The molecule has 1 aliphatic carbocycles. The number of aromatic nitrogens is 2. The van der Waals surface area contributed by atoms with Crippen LogP contribution in [0.3, 0.4) is 0 Å². The van der Waals surface area contributed by atoms with Crippen LogP contribution in [0.2, 0.25) is 0 Å². The molecule has 1 fully saturated rings. The SMILES string of the molecule is O=C(O)c1cn(Cc2ccc(Br)cc2)nc1C1CCCC1. The van der Waals surface area contributed by atoms with Crippen molar-refractivity contribution in [1.82, 2.24) is 9.78 Å². The summed E-state index contributed by atoms with van der Waals surface area (Å²) in [4.78, 5) is 11.4. The fourth-order valence-corrected chi connectivity index (χ4v) is 3.22. The highest BCUT2D eigenvalue weighted by Gasteiger charge is 2.26. The lowest BCUT2D eigenvalue weighted by atomic mass is 10.0. The van der Waals surface area contributed by atoms with Gasteiger partial charge in [0, 0.05) is 16.6 Å². The largest absolute Gasteiger partial charge is 0.478 e. The van der Waals surface area contributed by atoms with E-state index in [0.29, 0.717) is 18.0 Å². The zero-order valence-electron chi connectivity index (χ0n) is 11.6. The smallest absolute Gasteiger partial charge is 0.339 e. The molecular weight excluding hydrogens is 332 g/mol. The normalized spacial score (nSPS) is 15.5. The number of halogens is 1. The number of benzene rings is 1. The first kappa shape index (κ1) is 14.3. The molecule has 3 rings (SSSR count). The van der Waals surface area contributed by atoms with Gasteiger partial charge in [0.25, 0.3) is 0 Å². The molecule has 0 aliphatic heterocycles. The highest BCUT2D eigenvalue weighted by molar-refractivity contribution is 9.10. The standard InChI is InChI=1S/C16H17BrN2O2/c17-13-7-5-11(6-8-13)9-19-10-14(16(20)21)15(18-19)12-3-1-2-4-12/h5-8,10,12H,1-4,9H2,(H,20,21). The van der Waals surface area contributed by atoms with Crippen LogP contribution in [-0.2, 0) is 6.54 Å². The van der Waals surface area contributed by atoms with Crippen molar-refractivity contribution in [3.05, 3.63) is 51.8 Å². The number of carboxylic acid groups (broad SMARTS) is 1. The molecule has 0 atom stereocenters. The van der Waals surface area contributed by atoms with Gasteiger partial charge in [-0.25, -0.2) is 4.79 Å². The summed E-state index contributed by atoms with van der Waals surface area (Å²) in [5, 5.41) is 13.9. The van der Waals surface area contributed by atoms with Gasteiger partial charge in [0.1, 0.15) is 5.56 Å². The van der Waals surface area contributed by atoms with Crippen LogP contribution in [0, 0.1) is 0 Å². The Kier molecular flexibility index (Phi) is 4.10. The second-order valence-corrected chi connectivity index (χ2v) is 6.45. The minimum absolute atomic E-state index is 0.308. The van der Waals surface area contributed by atoms with Crippen LogP contribution >= 0.6 is 15.9 Å². The van der Waals surface area contributed by atoms with Crippen molar-refractivity contribution >= 4 is 21.9 Å². The van der Waals surface area contributed by atoms with E-state index >= 15 is 0 Å². The zero-order chi connectivity index (χ0) is 14.8. The first-order valence-electron chi connectivity index (χ1n) is 7.18. The van der Waals surface area contributed by atoms with Gasteiger partial charge in [-0.2, -0.15) is 5.10 Å². The predicted molar refractivity (Wildman–Crippen MR) is 83.6 cm³/mol. The molecular formula is C16H17BrN2O2. The average Bonchev–Trinajstić information content (AvgIpc) is 3.10. The van der Waals surface area contributed by atoms with Crippen LogP contribution in [0.4, 0.5) is 0 Å². The maximum Gasteiger partial charge on any atom is 0.339 e. The molecule has 1 N–H and O–H groups in total. The molecule has 0 spiro atoms. The molecule has 0 unspecified atom stereocenters. The number of carbonyl (C=O) groups is 1. The molecule has 0 bridgehead atoms. The first-order chi connectivity index (χ1) is 10.1. The third kappa shape index (κ3) is 3.18. The molecule has 1 aliphatic rings. The Morgan fingerprint density at radius 2 is 1.95 bits per heavy atom. The van der Waals surface area contributed by atoms with Crippen molar-refractivity contribution in [1.29, 1.82) is 0 Å². The van der Waals surface area contributed by atoms with Gasteiger partial charge in [-0.05, 0) is 30.5 Å². The second kappa shape index (κ2) is 6.02. The van der Waals surface area contributed by atoms with Crippen molar-refractivity contribution in [3.8, 4) is 0 Å². The van der Waals surface area contributed by atoms with Gasteiger partial charge in [0.2, 0.25) is 0 Å². The summed E-state index contributed by atoms with van der Waals surface area (Å²) in [5.41, 5.74) is 2.23. The highest BCUT2D eigenvalue weighted by Crippen LogP contribution is 2.35. The molecule has 0 amide bonds. The minimum atomic E-state index is -0.876. The van der Waals surface area contributed by atoms with Crippen molar-refractivity contribution in [2.45, 2.75) is 38.1 Å². The Labute approximate surface area is 131 Å². The molecule has 1 heterocycles. The minimum Gasteiger partial charge on any atom is -0.478 e. The van der Waals surface area contributed by atoms with E-state index in [9.17, 15) is 9.90 Å². The van der Waals surface area contributed by atoms with Crippen molar-refractivity contribution < 1.29 is 9.90 Å². The highest BCUT2D eigenvalue weighted by atomic mass is 79.9. The summed E-state index contributed by atoms with van der Waals surface area (Å²) in [6.45, 7) is 0.598. The monoisotopic (exact) mass is 348 g/mol. The van der Waals surface area contributed by atoms with Crippen molar-refractivity contribution in [2.75, 3.05) is 0 Å². The number of aromatic carboxylic acids is 1. The number of hydrogen-bond donors (Lipinski definition) is 1. The fraction of sp³-hybridized carbons (Fsp3) is 0.375. The van der Waals surface area contributed by atoms with Gasteiger partial charge in [-0.15, -0.1) is 0 Å². The summed E-state index contributed by atoms with van der Waals surface area (Å²) >= 11 is 3.41. The number of nitrogens with zero attached hydrogens (tertiary/aromatic N) is 2. The van der Waals surface area contributed by atoms with Gasteiger partial charge >= 0.3 is 5.97 Å². The molecule has 110 valence electrons. The molecule has 2 aromatic rings. The lowest BCUT2D eigenvalue weighted by molar-refractivity contribution is 0.0695. The van der Waals surface area contributed by atoms with Gasteiger partial charge in [-0.3, -0.25) is 4.68 Å². The van der Waals surface area contributed by atoms with Crippen LogP contribution in [-0.4, -0.2) is 20.9 Å². The van der Waals surface area contributed by atoms with Crippen LogP contribution in [0.1, 0.15) is 53.2 Å². The topological polar surface area (TPSA) is 55.1 Å². The van der Waals surface area contributed by atoms with E-state index in [1.54, 1.807) is 10.9 Å².